The van der Waals surface area contributed by atoms with E-state index in [1.165, 1.54) is 10.9 Å². The highest BCUT2D eigenvalue weighted by Gasteiger charge is 2.46. The van der Waals surface area contributed by atoms with Crippen LogP contribution in [0.2, 0.25) is 5.15 Å². The minimum absolute atomic E-state index is 0.0198. The molecule has 3 aromatic rings. The first-order chi connectivity index (χ1) is 13.1. The summed E-state index contributed by atoms with van der Waals surface area (Å²) in [5.74, 6) is -0.617. The van der Waals surface area contributed by atoms with Crippen LogP contribution in [0.4, 0.5) is 8.78 Å². The normalized spacial score (nSPS) is 25.3. The van der Waals surface area contributed by atoms with Gasteiger partial charge >= 0.3 is 0 Å². The summed E-state index contributed by atoms with van der Waals surface area (Å²) < 4.78 is 42.6. The lowest BCUT2D eigenvalue weighted by molar-refractivity contribution is -0.0433. The molecule has 1 fully saturated rings. The second-order valence-corrected chi connectivity index (χ2v) is 6.78. The first kappa shape index (κ1) is 18.3. The summed E-state index contributed by atoms with van der Waals surface area (Å²) in [4.78, 5) is 7.83. The van der Waals surface area contributed by atoms with Crippen molar-refractivity contribution in [3.05, 3.63) is 59.4 Å². The first-order valence-electron chi connectivity index (χ1n) is 8.71. The molecule has 1 unspecified atom stereocenters. The summed E-state index contributed by atoms with van der Waals surface area (Å²) in [6, 6.07) is 9.53. The van der Waals surface area contributed by atoms with Crippen LogP contribution >= 0.6 is 11.6 Å². The predicted molar refractivity (Wildman–Crippen MR) is 96.6 cm³/mol. The van der Waals surface area contributed by atoms with Crippen LogP contribution in [0.1, 0.15) is 25.1 Å². The molecule has 0 bridgehead atoms. The third kappa shape index (κ3) is 3.31. The number of benzene rings is 1. The van der Waals surface area contributed by atoms with Gasteiger partial charge in [0, 0.05) is 6.20 Å². The molecule has 0 aliphatic carbocycles. The molecular formula is C19H18ClF2N3O2. The monoisotopic (exact) mass is 393 g/mol. The Hall–Kier alpha value is -2.09. The van der Waals surface area contributed by atoms with Gasteiger partial charge in [-0.15, -0.1) is 0 Å². The van der Waals surface area contributed by atoms with E-state index in [1.807, 2.05) is 37.3 Å². The highest BCUT2D eigenvalue weighted by molar-refractivity contribution is 6.34. The van der Waals surface area contributed by atoms with E-state index in [9.17, 15) is 4.39 Å². The Labute approximate surface area is 159 Å². The van der Waals surface area contributed by atoms with Crippen LogP contribution in [0.25, 0.3) is 11.0 Å². The van der Waals surface area contributed by atoms with E-state index >= 15 is 4.39 Å². The van der Waals surface area contributed by atoms with Gasteiger partial charge in [0.25, 0.3) is 0 Å². The van der Waals surface area contributed by atoms with Crippen LogP contribution in [0.3, 0.4) is 0 Å². The molecule has 8 heteroatoms. The summed E-state index contributed by atoms with van der Waals surface area (Å²) in [6.07, 6.45) is -0.827. The van der Waals surface area contributed by atoms with Crippen LogP contribution in [0.15, 0.2) is 42.9 Å². The van der Waals surface area contributed by atoms with Crippen molar-refractivity contribution in [3.63, 3.8) is 0 Å². The average molecular weight is 394 g/mol. The van der Waals surface area contributed by atoms with Crippen molar-refractivity contribution >= 4 is 22.6 Å². The molecule has 27 heavy (non-hydrogen) atoms. The standard InChI is InChI=1S/C19H18ClF2N3O2/c1-2-13-16(26-9-11-6-4-3-5-7-11)15(22)19(27-13)25-8-12(21)14-17(20)23-10-24-18(14)25/h3-8,10,13,15-16,19H,2,9H2,1H3/t13-,15+,16?,19-/m1/s1. The molecule has 0 N–H and O–H groups in total. The average Bonchev–Trinajstić information content (AvgIpc) is 3.18. The number of ether oxygens (including phenoxy) is 2. The summed E-state index contributed by atoms with van der Waals surface area (Å²) >= 11 is 5.96. The molecule has 0 radical (unpaired) electrons. The lowest BCUT2D eigenvalue weighted by Crippen LogP contribution is -2.31. The second-order valence-electron chi connectivity index (χ2n) is 6.43. The van der Waals surface area contributed by atoms with Crippen LogP contribution in [0.5, 0.6) is 0 Å². The number of fused-ring (bicyclic) bond motifs is 1. The van der Waals surface area contributed by atoms with Crippen LogP contribution in [0, 0.1) is 5.82 Å². The van der Waals surface area contributed by atoms with Gasteiger partial charge in [0.2, 0.25) is 0 Å². The van der Waals surface area contributed by atoms with Gasteiger partial charge in [-0.05, 0) is 12.0 Å². The molecule has 1 saturated heterocycles. The smallest absolute Gasteiger partial charge is 0.174 e. The van der Waals surface area contributed by atoms with Gasteiger partial charge in [0.05, 0.1) is 18.1 Å². The maximum Gasteiger partial charge on any atom is 0.174 e. The number of hydrogen-bond donors (Lipinski definition) is 0. The molecule has 4 rings (SSSR count). The molecule has 142 valence electrons. The number of alkyl halides is 1. The lowest BCUT2D eigenvalue weighted by Gasteiger charge is -2.19. The quantitative estimate of drug-likeness (QED) is 0.601. The molecule has 0 saturated carbocycles. The second kappa shape index (κ2) is 7.50. The van der Waals surface area contributed by atoms with Gasteiger partial charge in [-0.1, -0.05) is 48.9 Å². The van der Waals surface area contributed by atoms with E-state index in [1.54, 1.807) is 0 Å². The number of aromatic nitrogens is 3. The van der Waals surface area contributed by atoms with Crippen LogP contribution in [-0.2, 0) is 16.1 Å². The third-order valence-electron chi connectivity index (χ3n) is 4.75. The largest absolute Gasteiger partial charge is 0.368 e. The Morgan fingerprint density at radius 2 is 2.04 bits per heavy atom. The summed E-state index contributed by atoms with van der Waals surface area (Å²) in [5.41, 5.74) is 1.14. The molecule has 0 spiro atoms. The fourth-order valence-corrected chi connectivity index (χ4v) is 3.63. The molecule has 4 atom stereocenters. The molecule has 2 aromatic heterocycles. The third-order valence-corrected chi connectivity index (χ3v) is 5.03. The first-order valence-corrected chi connectivity index (χ1v) is 9.09. The van der Waals surface area contributed by atoms with Gasteiger partial charge in [-0.2, -0.15) is 0 Å². The van der Waals surface area contributed by atoms with Gasteiger partial charge in [0.15, 0.2) is 18.2 Å². The molecule has 1 aliphatic heterocycles. The highest BCUT2D eigenvalue weighted by atomic mass is 35.5. The molecule has 0 amide bonds. The van der Waals surface area contributed by atoms with Crippen molar-refractivity contribution in [1.29, 1.82) is 0 Å². The molecule has 5 nitrogen and oxygen atoms in total. The van der Waals surface area contributed by atoms with Crippen molar-refractivity contribution in [2.45, 2.75) is 44.6 Å². The Kier molecular flexibility index (Phi) is 5.08. The topological polar surface area (TPSA) is 49.2 Å². The van der Waals surface area contributed by atoms with Crippen molar-refractivity contribution in [2.75, 3.05) is 0 Å². The maximum atomic E-state index is 15.2. The Morgan fingerprint density at radius 3 is 2.78 bits per heavy atom. The SMILES string of the molecule is CC[C@H]1O[C@@H](n2cc(F)c3c(Cl)ncnc32)[C@@H](F)C1OCc1ccccc1. The van der Waals surface area contributed by atoms with Crippen molar-refractivity contribution < 1.29 is 18.3 Å². The van der Waals surface area contributed by atoms with Crippen molar-refractivity contribution in [1.82, 2.24) is 14.5 Å². The summed E-state index contributed by atoms with van der Waals surface area (Å²) in [6.45, 7) is 2.17. The number of nitrogens with zero attached hydrogens (tertiary/aromatic N) is 3. The van der Waals surface area contributed by atoms with E-state index in [2.05, 4.69) is 9.97 Å². The summed E-state index contributed by atoms with van der Waals surface area (Å²) in [7, 11) is 0. The summed E-state index contributed by atoms with van der Waals surface area (Å²) in [5, 5.41) is 0.0326. The zero-order chi connectivity index (χ0) is 19.0. The molecule has 1 aliphatic rings. The predicted octanol–water partition coefficient (Wildman–Crippen LogP) is 4.45. The van der Waals surface area contributed by atoms with E-state index in [0.29, 0.717) is 6.42 Å². The Morgan fingerprint density at radius 1 is 1.26 bits per heavy atom. The zero-order valence-corrected chi connectivity index (χ0v) is 15.3. The minimum Gasteiger partial charge on any atom is -0.368 e. The molecule has 1 aromatic carbocycles. The van der Waals surface area contributed by atoms with Gasteiger partial charge < -0.3 is 9.47 Å². The molecular weight excluding hydrogens is 376 g/mol. The highest BCUT2D eigenvalue weighted by Crippen LogP contribution is 2.38. The van der Waals surface area contributed by atoms with Crippen LogP contribution < -0.4 is 0 Å². The van der Waals surface area contributed by atoms with Gasteiger partial charge in [-0.25, -0.2) is 18.7 Å². The number of rotatable bonds is 5. The number of hydrogen-bond acceptors (Lipinski definition) is 4. The van der Waals surface area contributed by atoms with Gasteiger partial charge in [0.1, 0.15) is 23.2 Å². The Bertz CT molecular complexity index is 937. The van der Waals surface area contributed by atoms with E-state index in [0.717, 1.165) is 11.8 Å². The van der Waals surface area contributed by atoms with Gasteiger partial charge in [-0.3, -0.25) is 4.57 Å². The van der Waals surface area contributed by atoms with E-state index in [4.69, 9.17) is 21.1 Å². The fraction of sp³-hybridized carbons (Fsp3) is 0.368. The van der Waals surface area contributed by atoms with E-state index in [-0.39, 0.29) is 22.8 Å². The van der Waals surface area contributed by atoms with Crippen LogP contribution in [-0.4, -0.2) is 32.9 Å². The Balaban J connectivity index is 1.61. The number of halogens is 3. The fourth-order valence-electron chi connectivity index (χ4n) is 3.41. The maximum absolute atomic E-state index is 15.2. The lowest BCUT2D eigenvalue weighted by atomic mass is 10.1. The zero-order valence-electron chi connectivity index (χ0n) is 14.6. The van der Waals surface area contributed by atoms with Crippen molar-refractivity contribution in [3.8, 4) is 0 Å². The molecule has 3 heterocycles. The van der Waals surface area contributed by atoms with Crippen molar-refractivity contribution in [2.24, 2.45) is 0 Å². The minimum atomic E-state index is -1.48. The van der Waals surface area contributed by atoms with E-state index < -0.39 is 30.4 Å².